The van der Waals surface area contributed by atoms with Crippen LogP contribution in [0, 0.1) is 0 Å². The zero-order valence-electron chi connectivity index (χ0n) is 15.7. The van der Waals surface area contributed by atoms with Crippen molar-refractivity contribution in [2.24, 2.45) is 4.99 Å². The predicted octanol–water partition coefficient (Wildman–Crippen LogP) is 4.02. The van der Waals surface area contributed by atoms with E-state index in [1.165, 1.54) is 0 Å². The third-order valence-corrected chi connectivity index (χ3v) is 4.67. The number of dihydropyridines is 1. The summed E-state index contributed by atoms with van der Waals surface area (Å²) in [6.07, 6.45) is 10.8. The average Bonchev–Trinajstić information content (AvgIpc) is 2.77. The first-order chi connectivity index (χ1) is 13.9. The van der Waals surface area contributed by atoms with Gasteiger partial charge in [0, 0.05) is 38.2 Å². The summed E-state index contributed by atoms with van der Waals surface area (Å²) < 4.78 is 0. The minimum atomic E-state index is -0.0539. The fraction of sp³-hybridized carbons (Fsp3) is 0.217. The Hall–Kier alpha value is -3.18. The second-order valence-electron chi connectivity index (χ2n) is 6.70. The summed E-state index contributed by atoms with van der Waals surface area (Å²) in [4.78, 5) is 20.9. The second kappa shape index (κ2) is 9.15. The van der Waals surface area contributed by atoms with Gasteiger partial charge < -0.3 is 0 Å². The molecule has 0 saturated heterocycles. The molecule has 5 heteroatoms. The topological polar surface area (TPSA) is 54.3 Å². The number of aromatic nitrogens is 3. The predicted molar refractivity (Wildman–Crippen MR) is 111 cm³/mol. The summed E-state index contributed by atoms with van der Waals surface area (Å²) >= 11 is 0. The van der Waals surface area contributed by atoms with Crippen molar-refractivity contribution in [1.29, 1.82) is 0 Å². The molecule has 1 aliphatic rings. The minimum Gasteiger partial charge on any atom is -0.287 e. The molecule has 0 N–H and O–H groups in total. The number of pyridine rings is 3. The Kier molecular flexibility index (Phi) is 5.95. The molecule has 3 aromatic heterocycles. The molecule has 4 heterocycles. The van der Waals surface area contributed by atoms with Crippen molar-refractivity contribution < 1.29 is 0 Å². The van der Waals surface area contributed by atoms with Crippen LogP contribution in [0.2, 0.25) is 0 Å². The lowest BCUT2D eigenvalue weighted by Crippen LogP contribution is -2.34. The highest BCUT2D eigenvalue weighted by Gasteiger charge is 2.27. The van der Waals surface area contributed by atoms with Crippen LogP contribution in [-0.4, -0.2) is 32.1 Å². The molecular weight excluding hydrogens is 346 g/mol. The lowest BCUT2D eigenvalue weighted by molar-refractivity contribution is 0.217. The average molecular weight is 369 g/mol. The van der Waals surface area contributed by atoms with Crippen LogP contribution < -0.4 is 0 Å². The Morgan fingerprint density at radius 3 is 1.93 bits per heavy atom. The van der Waals surface area contributed by atoms with E-state index in [9.17, 15) is 0 Å². The summed E-state index contributed by atoms with van der Waals surface area (Å²) in [7, 11) is 0. The normalized spacial score (nSPS) is 14.7. The van der Waals surface area contributed by atoms with E-state index in [0.29, 0.717) is 13.1 Å². The van der Waals surface area contributed by atoms with Gasteiger partial charge in [0.15, 0.2) is 0 Å². The number of hydrogen-bond donors (Lipinski definition) is 0. The first kappa shape index (κ1) is 18.2. The van der Waals surface area contributed by atoms with Crippen LogP contribution >= 0.6 is 0 Å². The monoisotopic (exact) mass is 369 g/mol. The van der Waals surface area contributed by atoms with Crippen molar-refractivity contribution in [3.8, 4) is 0 Å². The van der Waals surface area contributed by atoms with E-state index < -0.39 is 0 Å². The van der Waals surface area contributed by atoms with Gasteiger partial charge in [-0.15, -0.1) is 0 Å². The molecule has 5 nitrogen and oxygen atoms in total. The van der Waals surface area contributed by atoms with Crippen molar-refractivity contribution in [3.63, 3.8) is 0 Å². The van der Waals surface area contributed by atoms with E-state index >= 15 is 0 Å². The Labute approximate surface area is 165 Å². The van der Waals surface area contributed by atoms with Crippen LogP contribution in [0.15, 0.2) is 90.3 Å². The number of nitrogens with zero attached hydrogens (tertiary/aromatic N) is 5. The number of rotatable bonds is 7. The van der Waals surface area contributed by atoms with E-state index in [2.05, 4.69) is 50.2 Å². The van der Waals surface area contributed by atoms with Crippen molar-refractivity contribution >= 4 is 5.71 Å². The Balaban J connectivity index is 1.73. The van der Waals surface area contributed by atoms with Crippen LogP contribution in [-0.2, 0) is 13.1 Å². The molecule has 1 atom stereocenters. The van der Waals surface area contributed by atoms with Gasteiger partial charge in [-0.2, -0.15) is 0 Å². The zero-order chi connectivity index (χ0) is 19.0. The summed E-state index contributed by atoms with van der Waals surface area (Å²) in [5.74, 6) is 0. The van der Waals surface area contributed by atoms with Crippen molar-refractivity contribution in [2.45, 2.75) is 25.6 Å². The molecule has 0 saturated carbocycles. The van der Waals surface area contributed by atoms with Gasteiger partial charge in [-0.25, -0.2) is 0 Å². The molecule has 140 valence electrons. The van der Waals surface area contributed by atoms with Gasteiger partial charge in [0.1, 0.15) is 0 Å². The highest BCUT2D eigenvalue weighted by atomic mass is 15.2. The van der Waals surface area contributed by atoms with E-state index in [-0.39, 0.29) is 6.04 Å². The number of hydrogen-bond acceptors (Lipinski definition) is 5. The largest absolute Gasteiger partial charge is 0.287 e. The van der Waals surface area contributed by atoms with Gasteiger partial charge in [0.2, 0.25) is 0 Å². The summed E-state index contributed by atoms with van der Waals surface area (Å²) in [5.41, 5.74) is 4.05. The molecule has 0 spiro atoms. The lowest BCUT2D eigenvalue weighted by atomic mass is 10.0. The molecule has 0 bridgehead atoms. The van der Waals surface area contributed by atoms with Crippen LogP contribution in [0.25, 0.3) is 0 Å². The minimum absolute atomic E-state index is 0.0539. The van der Waals surface area contributed by atoms with Gasteiger partial charge >= 0.3 is 0 Å². The van der Waals surface area contributed by atoms with Crippen LogP contribution in [0.1, 0.15) is 29.5 Å². The first-order valence-electron chi connectivity index (χ1n) is 9.56. The molecule has 28 heavy (non-hydrogen) atoms. The molecule has 3 aromatic rings. The lowest BCUT2D eigenvalue weighted by Gasteiger charge is -2.32. The molecule has 1 aliphatic heterocycles. The smallest absolute Gasteiger partial charge is 0.0952 e. The number of aliphatic imine (C=N–C) groups is 1. The maximum Gasteiger partial charge on any atom is 0.0952 e. The van der Waals surface area contributed by atoms with E-state index in [1.54, 1.807) is 0 Å². The fourth-order valence-electron chi connectivity index (χ4n) is 3.40. The molecular formula is C23H23N5. The van der Waals surface area contributed by atoms with Crippen LogP contribution in [0.5, 0.6) is 0 Å². The van der Waals surface area contributed by atoms with Crippen LogP contribution in [0.3, 0.4) is 0 Å². The quantitative estimate of drug-likeness (QED) is 0.631. The van der Waals surface area contributed by atoms with Crippen molar-refractivity contribution in [2.75, 3.05) is 6.54 Å². The molecule has 0 amide bonds. The van der Waals surface area contributed by atoms with Crippen molar-refractivity contribution in [1.82, 2.24) is 19.9 Å². The van der Waals surface area contributed by atoms with Gasteiger partial charge in [-0.1, -0.05) is 24.3 Å². The Bertz CT molecular complexity index is 881. The standard InChI is InChI=1S/C23H23N5/c1-5-13-24-19(9-1)17-28(18-20-10-2-6-14-25-20)23(21-11-3-7-15-26-21)22-12-4-8-16-27-22/h1-7,9-15,23H,8,16-18H2. The molecule has 0 aliphatic carbocycles. The molecule has 0 radical (unpaired) electrons. The molecule has 0 fully saturated rings. The summed E-state index contributed by atoms with van der Waals surface area (Å²) in [6.45, 7) is 2.19. The van der Waals surface area contributed by atoms with Gasteiger partial charge in [0.25, 0.3) is 0 Å². The van der Waals surface area contributed by atoms with Crippen LogP contribution in [0.4, 0.5) is 0 Å². The van der Waals surface area contributed by atoms with Gasteiger partial charge in [0.05, 0.1) is 28.8 Å². The third kappa shape index (κ3) is 4.56. The van der Waals surface area contributed by atoms with Gasteiger partial charge in [-0.05, 0) is 48.9 Å². The van der Waals surface area contributed by atoms with Gasteiger partial charge in [-0.3, -0.25) is 24.8 Å². The molecule has 0 aromatic carbocycles. The molecule has 4 rings (SSSR count). The summed E-state index contributed by atoms with van der Waals surface area (Å²) in [6, 6.07) is 18.0. The maximum absolute atomic E-state index is 4.82. The zero-order valence-corrected chi connectivity index (χ0v) is 15.7. The summed E-state index contributed by atoms with van der Waals surface area (Å²) in [5, 5.41) is 0. The Morgan fingerprint density at radius 2 is 1.43 bits per heavy atom. The first-order valence-corrected chi connectivity index (χ1v) is 9.56. The van der Waals surface area contributed by atoms with E-state index in [4.69, 9.17) is 4.99 Å². The maximum atomic E-state index is 4.82. The van der Waals surface area contributed by atoms with E-state index in [1.807, 2.05) is 55.0 Å². The Morgan fingerprint density at radius 1 is 0.786 bits per heavy atom. The third-order valence-electron chi connectivity index (χ3n) is 4.67. The van der Waals surface area contributed by atoms with E-state index in [0.717, 1.165) is 35.8 Å². The van der Waals surface area contributed by atoms with Crippen molar-refractivity contribution in [3.05, 3.63) is 102 Å². The highest BCUT2D eigenvalue weighted by Crippen LogP contribution is 2.26. The highest BCUT2D eigenvalue weighted by molar-refractivity contribution is 6.00. The fourth-order valence-corrected chi connectivity index (χ4v) is 3.40. The molecule has 1 unspecified atom stereocenters. The SMILES string of the molecule is C1=CC(C(c2ccccn2)N(Cc2ccccn2)Cc2ccccn2)=NCC1. The second-order valence-corrected chi connectivity index (χ2v) is 6.70.